The molecule has 0 amide bonds. The summed E-state index contributed by atoms with van der Waals surface area (Å²) in [5.74, 6) is -2.15. The predicted molar refractivity (Wildman–Crippen MR) is 71.4 cm³/mol. The summed E-state index contributed by atoms with van der Waals surface area (Å²) < 4.78 is 27.6. The molecule has 1 aromatic rings. The van der Waals surface area contributed by atoms with Crippen LogP contribution in [0.25, 0.3) is 0 Å². The maximum atomic E-state index is 14.0. The lowest BCUT2D eigenvalue weighted by Crippen LogP contribution is -2.27. The van der Waals surface area contributed by atoms with Gasteiger partial charge in [-0.05, 0) is 37.5 Å². The Morgan fingerprint density at radius 1 is 1.35 bits per heavy atom. The van der Waals surface area contributed by atoms with E-state index in [1.807, 2.05) is 11.8 Å². The third-order valence-corrected chi connectivity index (χ3v) is 4.23. The first-order valence-electron chi connectivity index (χ1n) is 6.73. The second-order valence-electron chi connectivity index (χ2n) is 5.67. The van der Waals surface area contributed by atoms with Crippen LogP contribution in [0.4, 0.5) is 8.78 Å². The quantitative estimate of drug-likeness (QED) is 0.927. The van der Waals surface area contributed by atoms with E-state index in [1.54, 1.807) is 6.92 Å². The third-order valence-electron chi connectivity index (χ3n) is 4.23. The van der Waals surface area contributed by atoms with Crippen LogP contribution in [-0.4, -0.2) is 29.1 Å². The number of likely N-dealkylation sites (tertiary alicyclic amines) is 1. The Bertz CT molecular complexity index is 533. The van der Waals surface area contributed by atoms with Crippen molar-refractivity contribution in [2.45, 2.75) is 26.8 Å². The van der Waals surface area contributed by atoms with Gasteiger partial charge in [-0.15, -0.1) is 0 Å². The summed E-state index contributed by atoms with van der Waals surface area (Å²) in [4.78, 5) is 13.0. The van der Waals surface area contributed by atoms with Crippen LogP contribution < -0.4 is 0 Å². The van der Waals surface area contributed by atoms with Gasteiger partial charge in [0.2, 0.25) is 0 Å². The lowest BCUT2D eigenvalue weighted by atomic mass is 9.99. The van der Waals surface area contributed by atoms with Gasteiger partial charge in [0.1, 0.15) is 11.6 Å². The molecule has 0 aromatic heterocycles. The minimum Gasteiger partial charge on any atom is -0.481 e. The summed E-state index contributed by atoms with van der Waals surface area (Å²) in [5, 5.41) is 9.13. The van der Waals surface area contributed by atoms with Crippen molar-refractivity contribution in [3.63, 3.8) is 0 Å². The van der Waals surface area contributed by atoms with E-state index in [9.17, 15) is 13.6 Å². The van der Waals surface area contributed by atoms with E-state index in [2.05, 4.69) is 0 Å². The van der Waals surface area contributed by atoms with Crippen LogP contribution in [0.1, 0.15) is 31.0 Å². The lowest BCUT2D eigenvalue weighted by Gasteiger charge is -2.25. The van der Waals surface area contributed by atoms with Crippen LogP contribution in [-0.2, 0) is 4.79 Å². The van der Waals surface area contributed by atoms with Gasteiger partial charge in [0.05, 0.1) is 5.92 Å². The van der Waals surface area contributed by atoms with Gasteiger partial charge >= 0.3 is 5.97 Å². The molecule has 0 bridgehead atoms. The average molecular weight is 283 g/mol. The zero-order chi connectivity index (χ0) is 15.0. The number of halogens is 2. The number of carboxylic acid groups (broad SMARTS) is 1. The van der Waals surface area contributed by atoms with Crippen LogP contribution in [0.5, 0.6) is 0 Å². The fraction of sp³-hybridized carbons (Fsp3) is 0.533. The standard InChI is InChI=1S/C15H19F2NO2/c1-8-4-14(17)11(5-13(8)16)10(3)18-6-9(2)12(7-18)15(19)20/h4-5,9-10,12H,6-7H2,1-3H3,(H,19,20)/t9-,10?,12-/m1/s1. The fourth-order valence-corrected chi connectivity index (χ4v) is 2.82. The van der Waals surface area contributed by atoms with Gasteiger partial charge < -0.3 is 5.11 Å². The first kappa shape index (κ1) is 14.9. The number of hydrogen-bond donors (Lipinski definition) is 1. The number of aliphatic carboxylic acids is 1. The van der Waals surface area contributed by atoms with Crippen molar-refractivity contribution in [3.8, 4) is 0 Å². The minimum absolute atomic E-state index is 0.00769. The number of nitrogens with zero attached hydrogens (tertiary/aromatic N) is 1. The summed E-state index contributed by atoms with van der Waals surface area (Å²) >= 11 is 0. The normalized spacial score (nSPS) is 24.9. The summed E-state index contributed by atoms with van der Waals surface area (Å²) in [7, 11) is 0. The van der Waals surface area contributed by atoms with E-state index in [0.29, 0.717) is 13.1 Å². The molecule has 110 valence electrons. The molecule has 1 aliphatic heterocycles. The molecule has 1 aromatic carbocycles. The van der Waals surface area contributed by atoms with E-state index in [1.165, 1.54) is 19.1 Å². The van der Waals surface area contributed by atoms with E-state index < -0.39 is 23.5 Å². The molecule has 2 rings (SSSR count). The maximum absolute atomic E-state index is 14.0. The van der Waals surface area contributed by atoms with E-state index in [-0.39, 0.29) is 23.1 Å². The Morgan fingerprint density at radius 3 is 2.55 bits per heavy atom. The Labute approximate surface area is 117 Å². The molecule has 3 atom stereocenters. The highest BCUT2D eigenvalue weighted by Gasteiger charge is 2.37. The molecule has 5 heteroatoms. The minimum atomic E-state index is -0.831. The Kier molecular flexibility index (Phi) is 4.09. The van der Waals surface area contributed by atoms with Crippen molar-refractivity contribution in [2.24, 2.45) is 11.8 Å². The van der Waals surface area contributed by atoms with Crippen LogP contribution in [0.15, 0.2) is 12.1 Å². The molecular weight excluding hydrogens is 264 g/mol. The van der Waals surface area contributed by atoms with Crippen LogP contribution in [0.2, 0.25) is 0 Å². The van der Waals surface area contributed by atoms with Gasteiger partial charge in [0.15, 0.2) is 0 Å². The number of rotatable bonds is 3. The smallest absolute Gasteiger partial charge is 0.308 e. The summed E-state index contributed by atoms with van der Waals surface area (Å²) in [6.45, 7) is 6.12. The van der Waals surface area contributed by atoms with Gasteiger partial charge in [-0.25, -0.2) is 8.78 Å². The molecule has 0 saturated carbocycles. The van der Waals surface area contributed by atoms with Gasteiger partial charge in [-0.1, -0.05) is 6.92 Å². The number of carbonyl (C=O) groups is 1. The molecule has 0 aliphatic carbocycles. The molecule has 20 heavy (non-hydrogen) atoms. The summed E-state index contributed by atoms with van der Waals surface area (Å²) in [5.41, 5.74) is 0.558. The number of aryl methyl sites for hydroxylation is 1. The van der Waals surface area contributed by atoms with E-state index in [4.69, 9.17) is 5.11 Å². The highest BCUT2D eigenvalue weighted by atomic mass is 19.1. The largest absolute Gasteiger partial charge is 0.481 e. The van der Waals surface area contributed by atoms with Gasteiger partial charge in [0, 0.05) is 24.7 Å². The van der Waals surface area contributed by atoms with Crippen molar-refractivity contribution in [2.75, 3.05) is 13.1 Å². The third kappa shape index (κ3) is 2.68. The SMILES string of the molecule is Cc1cc(F)c(C(C)N2C[C@@H](C)[C@H](C(=O)O)C2)cc1F. The Balaban J connectivity index is 2.23. The molecule has 0 spiro atoms. The van der Waals surface area contributed by atoms with Gasteiger partial charge in [-0.2, -0.15) is 0 Å². The van der Waals surface area contributed by atoms with Crippen LogP contribution in [0.3, 0.4) is 0 Å². The van der Waals surface area contributed by atoms with Gasteiger partial charge in [-0.3, -0.25) is 9.69 Å². The molecular formula is C15H19F2NO2. The molecule has 1 saturated heterocycles. The highest BCUT2D eigenvalue weighted by molar-refractivity contribution is 5.71. The van der Waals surface area contributed by atoms with E-state index >= 15 is 0 Å². The Morgan fingerprint density at radius 2 is 2.00 bits per heavy atom. The molecule has 0 radical (unpaired) electrons. The number of hydrogen-bond acceptors (Lipinski definition) is 2. The second-order valence-corrected chi connectivity index (χ2v) is 5.67. The second kappa shape index (κ2) is 5.48. The average Bonchev–Trinajstić information content (AvgIpc) is 2.75. The zero-order valence-corrected chi connectivity index (χ0v) is 11.9. The first-order valence-corrected chi connectivity index (χ1v) is 6.73. The van der Waals surface area contributed by atoms with Crippen molar-refractivity contribution >= 4 is 5.97 Å². The fourth-order valence-electron chi connectivity index (χ4n) is 2.82. The molecule has 3 nitrogen and oxygen atoms in total. The molecule has 1 fully saturated rings. The van der Waals surface area contributed by atoms with Crippen molar-refractivity contribution < 1.29 is 18.7 Å². The molecule has 1 aliphatic rings. The lowest BCUT2D eigenvalue weighted by molar-refractivity contribution is -0.142. The first-order chi connectivity index (χ1) is 9.31. The summed E-state index contributed by atoms with van der Waals surface area (Å²) in [6, 6.07) is 2.07. The number of carboxylic acids is 1. The molecule has 1 N–H and O–H groups in total. The Hall–Kier alpha value is -1.49. The zero-order valence-electron chi connectivity index (χ0n) is 11.9. The monoisotopic (exact) mass is 283 g/mol. The molecule has 1 heterocycles. The van der Waals surface area contributed by atoms with Crippen LogP contribution >= 0.6 is 0 Å². The van der Waals surface area contributed by atoms with E-state index in [0.717, 1.165) is 0 Å². The summed E-state index contributed by atoms with van der Waals surface area (Å²) in [6.07, 6.45) is 0. The predicted octanol–water partition coefficient (Wildman–Crippen LogP) is 2.99. The number of benzene rings is 1. The van der Waals surface area contributed by atoms with Gasteiger partial charge in [0.25, 0.3) is 0 Å². The van der Waals surface area contributed by atoms with Crippen molar-refractivity contribution in [1.29, 1.82) is 0 Å². The topological polar surface area (TPSA) is 40.5 Å². The highest BCUT2D eigenvalue weighted by Crippen LogP contribution is 2.32. The molecule has 1 unspecified atom stereocenters. The maximum Gasteiger partial charge on any atom is 0.308 e. The van der Waals surface area contributed by atoms with Crippen molar-refractivity contribution in [1.82, 2.24) is 4.90 Å². The van der Waals surface area contributed by atoms with Crippen molar-refractivity contribution in [3.05, 3.63) is 34.9 Å². The van der Waals surface area contributed by atoms with Crippen LogP contribution in [0, 0.1) is 30.4 Å².